The molecule has 1 heterocycles. The number of aromatic nitrogens is 3. The minimum atomic E-state index is 0.517. The SMILES string of the molecule is CC(C1CC1)n1nnc(CN)c1C1CCC1. The molecule has 88 valence electrons. The van der Waals surface area contributed by atoms with E-state index in [1.54, 1.807) is 0 Å². The van der Waals surface area contributed by atoms with Crippen LogP contribution in [0.4, 0.5) is 0 Å². The van der Waals surface area contributed by atoms with Crippen molar-refractivity contribution in [3.63, 3.8) is 0 Å². The molecule has 0 spiro atoms. The molecule has 1 unspecified atom stereocenters. The Morgan fingerprint density at radius 1 is 1.38 bits per heavy atom. The van der Waals surface area contributed by atoms with Crippen LogP contribution >= 0.6 is 0 Å². The lowest BCUT2D eigenvalue weighted by atomic mass is 9.82. The lowest BCUT2D eigenvalue weighted by Crippen LogP contribution is -2.20. The first-order valence-electron chi connectivity index (χ1n) is 6.45. The molecule has 1 atom stereocenters. The number of rotatable bonds is 4. The van der Waals surface area contributed by atoms with Gasteiger partial charge < -0.3 is 5.73 Å². The second-order valence-electron chi connectivity index (χ2n) is 5.28. The summed E-state index contributed by atoms with van der Waals surface area (Å²) in [6.45, 7) is 2.80. The Kier molecular flexibility index (Phi) is 2.46. The van der Waals surface area contributed by atoms with Crippen LogP contribution in [0.15, 0.2) is 0 Å². The van der Waals surface area contributed by atoms with E-state index in [0.717, 1.165) is 11.6 Å². The van der Waals surface area contributed by atoms with Gasteiger partial charge in [0.05, 0.1) is 17.4 Å². The van der Waals surface area contributed by atoms with Crippen molar-refractivity contribution in [3.05, 3.63) is 11.4 Å². The third-order valence-corrected chi connectivity index (χ3v) is 4.18. The summed E-state index contributed by atoms with van der Waals surface area (Å²) in [6, 6.07) is 0.517. The van der Waals surface area contributed by atoms with Crippen molar-refractivity contribution in [1.82, 2.24) is 15.0 Å². The summed E-state index contributed by atoms with van der Waals surface area (Å²) in [5.41, 5.74) is 8.12. The Labute approximate surface area is 96.2 Å². The van der Waals surface area contributed by atoms with Gasteiger partial charge in [-0.1, -0.05) is 11.6 Å². The van der Waals surface area contributed by atoms with Gasteiger partial charge in [0.25, 0.3) is 0 Å². The van der Waals surface area contributed by atoms with Crippen LogP contribution in [0.3, 0.4) is 0 Å². The summed E-state index contributed by atoms with van der Waals surface area (Å²) in [6.07, 6.45) is 6.62. The van der Waals surface area contributed by atoms with Crippen molar-refractivity contribution in [2.75, 3.05) is 0 Å². The molecular formula is C12H20N4. The molecule has 2 fully saturated rings. The van der Waals surface area contributed by atoms with Crippen molar-refractivity contribution in [1.29, 1.82) is 0 Å². The zero-order valence-corrected chi connectivity index (χ0v) is 9.89. The van der Waals surface area contributed by atoms with Crippen molar-refractivity contribution in [3.8, 4) is 0 Å². The molecule has 0 aromatic carbocycles. The van der Waals surface area contributed by atoms with Crippen molar-refractivity contribution >= 4 is 0 Å². The van der Waals surface area contributed by atoms with Gasteiger partial charge in [-0.25, -0.2) is 4.68 Å². The molecule has 1 aromatic rings. The molecule has 2 aliphatic carbocycles. The molecule has 2 saturated carbocycles. The maximum Gasteiger partial charge on any atom is 0.0997 e. The van der Waals surface area contributed by atoms with E-state index in [0.29, 0.717) is 18.5 Å². The Hall–Kier alpha value is -0.900. The standard InChI is InChI=1S/C12H20N4/c1-8(9-5-6-9)16-12(10-3-2-4-10)11(7-13)14-15-16/h8-10H,2-7,13H2,1H3. The first kappa shape index (κ1) is 10.3. The third-order valence-electron chi connectivity index (χ3n) is 4.18. The maximum absolute atomic E-state index is 5.76. The van der Waals surface area contributed by atoms with Gasteiger partial charge in [-0.3, -0.25) is 0 Å². The fourth-order valence-electron chi connectivity index (χ4n) is 2.66. The van der Waals surface area contributed by atoms with E-state index in [2.05, 4.69) is 21.9 Å². The Morgan fingerprint density at radius 3 is 2.62 bits per heavy atom. The summed E-state index contributed by atoms with van der Waals surface area (Å²) in [5.74, 6) is 1.50. The molecule has 0 aliphatic heterocycles. The monoisotopic (exact) mass is 220 g/mol. The topological polar surface area (TPSA) is 56.7 Å². The van der Waals surface area contributed by atoms with Crippen LogP contribution < -0.4 is 5.73 Å². The number of hydrogen-bond acceptors (Lipinski definition) is 3. The Balaban J connectivity index is 1.92. The Morgan fingerprint density at radius 2 is 2.12 bits per heavy atom. The summed E-state index contributed by atoms with van der Waals surface area (Å²) in [5, 5.41) is 8.59. The number of nitrogens with zero attached hydrogens (tertiary/aromatic N) is 3. The molecule has 3 rings (SSSR count). The second-order valence-corrected chi connectivity index (χ2v) is 5.28. The van der Waals surface area contributed by atoms with Crippen LogP contribution in [0.5, 0.6) is 0 Å². The van der Waals surface area contributed by atoms with Gasteiger partial charge in [0.1, 0.15) is 0 Å². The van der Waals surface area contributed by atoms with E-state index in [-0.39, 0.29) is 0 Å². The van der Waals surface area contributed by atoms with Gasteiger partial charge in [0, 0.05) is 12.5 Å². The average molecular weight is 220 g/mol. The second kappa shape index (κ2) is 3.84. The molecule has 4 heteroatoms. The fraction of sp³-hybridized carbons (Fsp3) is 0.833. The van der Waals surface area contributed by atoms with Gasteiger partial charge in [-0.15, -0.1) is 5.10 Å². The summed E-state index contributed by atoms with van der Waals surface area (Å²) in [7, 11) is 0. The summed E-state index contributed by atoms with van der Waals surface area (Å²) in [4.78, 5) is 0. The summed E-state index contributed by atoms with van der Waals surface area (Å²) < 4.78 is 2.17. The highest BCUT2D eigenvalue weighted by Crippen LogP contribution is 2.43. The van der Waals surface area contributed by atoms with E-state index < -0.39 is 0 Å². The minimum Gasteiger partial charge on any atom is -0.325 e. The molecule has 0 saturated heterocycles. The van der Waals surface area contributed by atoms with Crippen LogP contribution in [-0.4, -0.2) is 15.0 Å². The van der Waals surface area contributed by atoms with Crippen molar-refractivity contribution in [2.24, 2.45) is 11.7 Å². The Bertz CT molecular complexity index is 376. The van der Waals surface area contributed by atoms with E-state index in [4.69, 9.17) is 5.73 Å². The number of hydrogen-bond donors (Lipinski definition) is 1. The molecule has 4 nitrogen and oxygen atoms in total. The highest BCUT2D eigenvalue weighted by molar-refractivity contribution is 5.19. The van der Waals surface area contributed by atoms with E-state index in [9.17, 15) is 0 Å². The van der Waals surface area contributed by atoms with Crippen LogP contribution in [0.2, 0.25) is 0 Å². The number of nitrogens with two attached hydrogens (primary N) is 1. The van der Waals surface area contributed by atoms with Crippen molar-refractivity contribution < 1.29 is 0 Å². The normalized spacial score (nSPS) is 23.1. The van der Waals surface area contributed by atoms with E-state index in [1.165, 1.54) is 37.8 Å². The molecule has 2 aliphatic rings. The summed E-state index contributed by atoms with van der Waals surface area (Å²) >= 11 is 0. The largest absolute Gasteiger partial charge is 0.325 e. The molecule has 2 N–H and O–H groups in total. The molecule has 0 radical (unpaired) electrons. The average Bonchev–Trinajstić information content (AvgIpc) is 2.97. The fourth-order valence-corrected chi connectivity index (χ4v) is 2.66. The highest BCUT2D eigenvalue weighted by Gasteiger charge is 2.34. The van der Waals surface area contributed by atoms with Gasteiger partial charge >= 0.3 is 0 Å². The van der Waals surface area contributed by atoms with E-state index in [1.807, 2.05) is 0 Å². The zero-order chi connectivity index (χ0) is 11.1. The smallest absolute Gasteiger partial charge is 0.0997 e. The maximum atomic E-state index is 5.76. The van der Waals surface area contributed by atoms with E-state index >= 15 is 0 Å². The highest BCUT2D eigenvalue weighted by atomic mass is 15.4. The molecule has 1 aromatic heterocycles. The van der Waals surface area contributed by atoms with Gasteiger partial charge in [0.15, 0.2) is 0 Å². The third kappa shape index (κ3) is 1.56. The van der Waals surface area contributed by atoms with Crippen LogP contribution in [-0.2, 0) is 6.54 Å². The lowest BCUT2D eigenvalue weighted by molar-refractivity contribution is 0.350. The first-order valence-corrected chi connectivity index (χ1v) is 6.45. The van der Waals surface area contributed by atoms with Crippen LogP contribution in [0, 0.1) is 5.92 Å². The van der Waals surface area contributed by atoms with Crippen molar-refractivity contribution in [2.45, 2.75) is 57.5 Å². The molecule has 0 amide bonds. The zero-order valence-electron chi connectivity index (χ0n) is 9.89. The van der Waals surface area contributed by atoms with Crippen LogP contribution in [0.1, 0.15) is 62.4 Å². The lowest BCUT2D eigenvalue weighted by Gasteiger charge is -2.28. The van der Waals surface area contributed by atoms with Gasteiger partial charge in [0.2, 0.25) is 0 Å². The van der Waals surface area contributed by atoms with Crippen LogP contribution in [0.25, 0.3) is 0 Å². The predicted octanol–water partition coefficient (Wildman–Crippen LogP) is 1.98. The van der Waals surface area contributed by atoms with Gasteiger partial charge in [-0.05, 0) is 38.5 Å². The molecular weight excluding hydrogens is 200 g/mol. The molecule has 0 bridgehead atoms. The quantitative estimate of drug-likeness (QED) is 0.844. The van der Waals surface area contributed by atoms with Gasteiger partial charge in [-0.2, -0.15) is 0 Å². The first-order chi connectivity index (χ1) is 7.81. The molecule has 16 heavy (non-hydrogen) atoms. The minimum absolute atomic E-state index is 0.517. The predicted molar refractivity (Wildman–Crippen MR) is 61.9 cm³/mol.